The predicted molar refractivity (Wildman–Crippen MR) is 79.0 cm³/mol. The van der Waals surface area contributed by atoms with Crippen LogP contribution in [-0.4, -0.2) is 22.5 Å². The summed E-state index contributed by atoms with van der Waals surface area (Å²) < 4.78 is 0. The van der Waals surface area contributed by atoms with E-state index in [1.807, 2.05) is 0 Å². The Kier molecular flexibility index (Phi) is 3.40. The van der Waals surface area contributed by atoms with Gasteiger partial charge in [-0.15, -0.1) is 0 Å². The van der Waals surface area contributed by atoms with E-state index in [9.17, 15) is 10.1 Å². The van der Waals surface area contributed by atoms with Gasteiger partial charge in [0.05, 0.1) is 22.8 Å². The summed E-state index contributed by atoms with van der Waals surface area (Å²) >= 11 is 0. The number of non-ortho nitro benzene ring substituents is 1. The van der Waals surface area contributed by atoms with Gasteiger partial charge in [0.1, 0.15) is 0 Å². The fraction of sp³-hybridized carbons (Fsp3) is 0.333. The molecule has 106 valence electrons. The molecule has 6 nitrogen and oxygen atoms in total. The van der Waals surface area contributed by atoms with Gasteiger partial charge in [-0.05, 0) is 25.0 Å². The van der Waals surface area contributed by atoms with Gasteiger partial charge in [-0.2, -0.15) is 5.26 Å². The molecule has 2 aromatic rings. The monoisotopic (exact) mass is 282 g/mol. The zero-order chi connectivity index (χ0) is 14.8. The van der Waals surface area contributed by atoms with E-state index in [-0.39, 0.29) is 10.6 Å². The Bertz CT molecular complexity index is 734. The van der Waals surface area contributed by atoms with Crippen LogP contribution in [-0.2, 0) is 0 Å². The van der Waals surface area contributed by atoms with Gasteiger partial charge in [-0.25, -0.2) is 0 Å². The van der Waals surface area contributed by atoms with Gasteiger partial charge in [0, 0.05) is 42.1 Å². The molecule has 0 bridgehead atoms. The molecule has 1 saturated carbocycles. The zero-order valence-electron chi connectivity index (χ0n) is 11.4. The van der Waals surface area contributed by atoms with Crippen molar-refractivity contribution in [2.24, 2.45) is 0 Å². The van der Waals surface area contributed by atoms with Crippen LogP contribution in [0.4, 0.5) is 11.4 Å². The van der Waals surface area contributed by atoms with E-state index in [2.05, 4.69) is 16.0 Å². The number of nitro groups is 1. The molecule has 1 heterocycles. The third-order valence-corrected chi connectivity index (χ3v) is 3.73. The molecule has 0 radical (unpaired) electrons. The molecule has 0 amide bonds. The first-order valence-corrected chi connectivity index (χ1v) is 6.87. The largest absolute Gasteiger partial charge is 0.367 e. The van der Waals surface area contributed by atoms with E-state index in [0.717, 1.165) is 23.9 Å². The number of anilines is 1. The lowest BCUT2D eigenvalue weighted by molar-refractivity contribution is -0.383. The highest BCUT2D eigenvalue weighted by Crippen LogP contribution is 2.38. The molecule has 1 aromatic carbocycles. The number of hydrogen-bond donors (Lipinski definition) is 0. The standard InChI is InChI=1S/C15H14N4O2/c16-7-1-9-18(11-2-3-11)14-4-5-15(19(20)21)12-6-8-17-10-13(12)14/h4-6,8,10-11H,1-3,9H2. The van der Waals surface area contributed by atoms with Crippen LogP contribution in [0.2, 0.25) is 0 Å². The number of nitrogens with zero attached hydrogens (tertiary/aromatic N) is 4. The van der Waals surface area contributed by atoms with E-state index in [1.54, 1.807) is 30.6 Å². The summed E-state index contributed by atoms with van der Waals surface area (Å²) in [5.41, 5.74) is 1.02. The molecule has 1 aliphatic rings. The van der Waals surface area contributed by atoms with E-state index < -0.39 is 0 Å². The maximum Gasteiger partial charge on any atom is 0.277 e. The minimum Gasteiger partial charge on any atom is -0.367 e. The second-order valence-electron chi connectivity index (χ2n) is 5.11. The molecule has 1 aliphatic carbocycles. The lowest BCUT2D eigenvalue weighted by Crippen LogP contribution is -2.26. The van der Waals surface area contributed by atoms with Crippen LogP contribution < -0.4 is 4.90 Å². The van der Waals surface area contributed by atoms with Crippen LogP contribution in [0.5, 0.6) is 0 Å². The number of nitriles is 1. The first kappa shape index (κ1) is 13.3. The van der Waals surface area contributed by atoms with E-state index in [4.69, 9.17) is 5.26 Å². The Morgan fingerprint density at radius 1 is 1.38 bits per heavy atom. The van der Waals surface area contributed by atoms with E-state index in [1.165, 1.54) is 0 Å². The first-order chi connectivity index (χ1) is 10.2. The summed E-state index contributed by atoms with van der Waals surface area (Å²) in [5, 5.41) is 21.3. The number of rotatable bonds is 5. The van der Waals surface area contributed by atoms with Crippen LogP contribution in [0.15, 0.2) is 30.6 Å². The molecule has 0 spiro atoms. The minimum absolute atomic E-state index is 0.0900. The molecule has 3 rings (SSSR count). The fourth-order valence-corrected chi connectivity index (χ4v) is 2.63. The summed E-state index contributed by atoms with van der Waals surface area (Å²) in [6, 6.07) is 7.59. The second kappa shape index (κ2) is 5.37. The van der Waals surface area contributed by atoms with Gasteiger partial charge >= 0.3 is 0 Å². The van der Waals surface area contributed by atoms with Crippen LogP contribution in [0.25, 0.3) is 10.8 Å². The zero-order valence-corrected chi connectivity index (χ0v) is 11.4. The van der Waals surface area contributed by atoms with Gasteiger partial charge < -0.3 is 4.90 Å². The number of benzene rings is 1. The molecule has 0 aliphatic heterocycles. The van der Waals surface area contributed by atoms with Crippen molar-refractivity contribution < 1.29 is 4.92 Å². The predicted octanol–water partition coefficient (Wildman–Crippen LogP) is 3.03. The van der Waals surface area contributed by atoms with Gasteiger partial charge in [0.15, 0.2) is 0 Å². The topological polar surface area (TPSA) is 83.1 Å². The molecule has 6 heteroatoms. The summed E-state index contributed by atoms with van der Waals surface area (Å²) in [4.78, 5) is 17.1. The third-order valence-electron chi connectivity index (χ3n) is 3.73. The minimum atomic E-state index is -0.372. The van der Waals surface area contributed by atoms with Gasteiger partial charge in [0.2, 0.25) is 0 Å². The van der Waals surface area contributed by atoms with Crippen molar-refractivity contribution in [3.05, 3.63) is 40.7 Å². The SMILES string of the molecule is N#CCCN(c1ccc([N+](=O)[O-])c2ccncc12)C1CC1. The third kappa shape index (κ3) is 2.50. The summed E-state index contributed by atoms with van der Waals surface area (Å²) in [5.74, 6) is 0. The Morgan fingerprint density at radius 2 is 2.19 bits per heavy atom. The number of pyridine rings is 1. The van der Waals surface area contributed by atoms with Crippen molar-refractivity contribution in [3.8, 4) is 6.07 Å². The summed E-state index contributed by atoms with van der Waals surface area (Å²) in [6.45, 7) is 0.642. The maximum atomic E-state index is 11.1. The van der Waals surface area contributed by atoms with Crippen molar-refractivity contribution in [3.63, 3.8) is 0 Å². The van der Waals surface area contributed by atoms with Crippen LogP contribution in [0.3, 0.4) is 0 Å². The number of nitro benzene ring substituents is 1. The lowest BCUT2D eigenvalue weighted by Gasteiger charge is -2.25. The molecule has 21 heavy (non-hydrogen) atoms. The van der Waals surface area contributed by atoms with Crippen molar-refractivity contribution in [1.29, 1.82) is 5.26 Å². The van der Waals surface area contributed by atoms with Gasteiger partial charge in [-0.1, -0.05) is 0 Å². The van der Waals surface area contributed by atoms with E-state index in [0.29, 0.717) is 24.4 Å². The number of aromatic nitrogens is 1. The fourth-order valence-electron chi connectivity index (χ4n) is 2.63. The highest BCUT2D eigenvalue weighted by atomic mass is 16.6. The van der Waals surface area contributed by atoms with Crippen LogP contribution in [0.1, 0.15) is 19.3 Å². The Balaban J connectivity index is 2.12. The van der Waals surface area contributed by atoms with Crippen molar-refractivity contribution in [1.82, 2.24) is 4.98 Å². The van der Waals surface area contributed by atoms with Crippen molar-refractivity contribution >= 4 is 22.1 Å². The van der Waals surface area contributed by atoms with Gasteiger partial charge in [0.25, 0.3) is 5.69 Å². The molecular weight excluding hydrogens is 268 g/mol. The Hall–Kier alpha value is -2.68. The Morgan fingerprint density at radius 3 is 2.86 bits per heavy atom. The Labute approximate surface area is 121 Å². The first-order valence-electron chi connectivity index (χ1n) is 6.87. The molecule has 1 fully saturated rings. The maximum absolute atomic E-state index is 11.1. The molecule has 0 unspecified atom stereocenters. The van der Waals surface area contributed by atoms with Crippen molar-refractivity contribution in [2.75, 3.05) is 11.4 Å². The quantitative estimate of drug-likeness (QED) is 0.621. The van der Waals surface area contributed by atoms with Crippen LogP contribution in [0, 0.1) is 21.4 Å². The highest BCUT2D eigenvalue weighted by molar-refractivity contribution is 5.99. The lowest BCUT2D eigenvalue weighted by atomic mass is 10.1. The molecule has 0 atom stereocenters. The molecule has 0 N–H and O–H groups in total. The number of fused-ring (bicyclic) bond motifs is 1. The van der Waals surface area contributed by atoms with Crippen molar-refractivity contribution in [2.45, 2.75) is 25.3 Å². The molecule has 0 saturated heterocycles. The average Bonchev–Trinajstić information content (AvgIpc) is 3.32. The molecule has 1 aromatic heterocycles. The second-order valence-corrected chi connectivity index (χ2v) is 5.11. The summed E-state index contributed by atoms with van der Waals surface area (Å²) in [6.07, 6.45) is 5.87. The van der Waals surface area contributed by atoms with Crippen LogP contribution >= 0.6 is 0 Å². The average molecular weight is 282 g/mol. The smallest absolute Gasteiger partial charge is 0.277 e. The normalized spacial score (nSPS) is 13.9. The van der Waals surface area contributed by atoms with Gasteiger partial charge in [-0.3, -0.25) is 15.1 Å². The number of hydrogen-bond acceptors (Lipinski definition) is 5. The summed E-state index contributed by atoms with van der Waals surface area (Å²) in [7, 11) is 0. The molecular formula is C15H14N4O2. The van der Waals surface area contributed by atoms with E-state index >= 15 is 0 Å². The highest BCUT2D eigenvalue weighted by Gasteiger charge is 2.30.